The number of H-pyrrole nitrogens is 1. The highest BCUT2D eigenvalue weighted by Gasteiger charge is 2.24. The van der Waals surface area contributed by atoms with Gasteiger partial charge in [0.2, 0.25) is 0 Å². The van der Waals surface area contributed by atoms with E-state index < -0.39 is 0 Å². The van der Waals surface area contributed by atoms with Gasteiger partial charge in [-0.3, -0.25) is 10.00 Å². The molecule has 0 saturated carbocycles. The quantitative estimate of drug-likeness (QED) is 0.925. The summed E-state index contributed by atoms with van der Waals surface area (Å²) in [6, 6.07) is 11.1. The summed E-state index contributed by atoms with van der Waals surface area (Å²) < 4.78 is 0. The normalized spacial score (nSPS) is 20.3. The van der Waals surface area contributed by atoms with E-state index in [1.54, 1.807) is 0 Å². The van der Waals surface area contributed by atoms with E-state index >= 15 is 0 Å². The summed E-state index contributed by atoms with van der Waals surface area (Å²) in [6.07, 6.45) is 0. The summed E-state index contributed by atoms with van der Waals surface area (Å²) in [5.41, 5.74) is 1.31. The summed E-state index contributed by atoms with van der Waals surface area (Å²) in [5.74, 6) is 1.78. The van der Waals surface area contributed by atoms with E-state index in [1.807, 2.05) is 6.92 Å². The van der Waals surface area contributed by atoms with Crippen LogP contribution in [0, 0.1) is 6.92 Å². The molecule has 1 aliphatic rings. The molecule has 1 fully saturated rings. The maximum atomic E-state index is 4.39. The Kier molecular flexibility index (Phi) is 3.69. The molecular weight excluding hydrogens is 250 g/mol. The molecule has 2 heterocycles. The Morgan fingerprint density at radius 2 is 2.05 bits per heavy atom. The lowest BCUT2D eigenvalue weighted by atomic mass is 10.1. The van der Waals surface area contributed by atoms with E-state index in [-0.39, 0.29) is 0 Å². The van der Waals surface area contributed by atoms with Crippen molar-refractivity contribution in [3.8, 4) is 0 Å². The van der Waals surface area contributed by atoms with Crippen LogP contribution >= 0.6 is 0 Å². The van der Waals surface area contributed by atoms with Crippen LogP contribution in [0.15, 0.2) is 30.3 Å². The summed E-state index contributed by atoms with van der Waals surface area (Å²) in [4.78, 5) is 9.29. The van der Waals surface area contributed by atoms with E-state index in [4.69, 9.17) is 0 Å². The van der Waals surface area contributed by atoms with Crippen molar-refractivity contribution in [1.29, 1.82) is 0 Å². The second kappa shape index (κ2) is 5.63. The highest BCUT2D eigenvalue weighted by Crippen LogP contribution is 2.19. The van der Waals surface area contributed by atoms with Crippen LogP contribution in [-0.2, 0) is 6.54 Å². The van der Waals surface area contributed by atoms with Gasteiger partial charge in [0.1, 0.15) is 5.82 Å². The molecule has 0 radical (unpaired) electrons. The first-order valence-electron chi connectivity index (χ1n) is 7.14. The summed E-state index contributed by atoms with van der Waals surface area (Å²) >= 11 is 0. The van der Waals surface area contributed by atoms with Crippen molar-refractivity contribution in [3.63, 3.8) is 0 Å². The molecule has 0 aliphatic carbocycles. The highest BCUT2D eigenvalue weighted by atomic mass is 15.3. The molecular formula is C15H21N5. The first-order chi connectivity index (χ1) is 9.72. The van der Waals surface area contributed by atoms with Crippen LogP contribution < -0.4 is 4.90 Å². The number of nitrogens with zero attached hydrogens (tertiary/aromatic N) is 4. The van der Waals surface area contributed by atoms with E-state index in [0.29, 0.717) is 6.04 Å². The van der Waals surface area contributed by atoms with Gasteiger partial charge < -0.3 is 4.90 Å². The summed E-state index contributed by atoms with van der Waals surface area (Å²) in [5, 5.41) is 7.14. The molecule has 1 aromatic heterocycles. The van der Waals surface area contributed by atoms with Crippen LogP contribution in [0.2, 0.25) is 0 Å². The van der Waals surface area contributed by atoms with Gasteiger partial charge in [-0.25, -0.2) is 4.98 Å². The molecule has 1 saturated heterocycles. The van der Waals surface area contributed by atoms with Crippen LogP contribution in [0.3, 0.4) is 0 Å². The summed E-state index contributed by atoms with van der Waals surface area (Å²) in [6.45, 7) is 8.19. The zero-order valence-corrected chi connectivity index (χ0v) is 12.1. The Balaban J connectivity index is 1.62. The number of aromatic amines is 1. The van der Waals surface area contributed by atoms with Gasteiger partial charge in [0.15, 0.2) is 5.82 Å². The van der Waals surface area contributed by atoms with Crippen molar-refractivity contribution in [2.24, 2.45) is 0 Å². The zero-order valence-electron chi connectivity index (χ0n) is 12.1. The van der Waals surface area contributed by atoms with Crippen LogP contribution in [-0.4, -0.2) is 45.8 Å². The van der Waals surface area contributed by atoms with Gasteiger partial charge in [0.05, 0.1) is 6.54 Å². The van der Waals surface area contributed by atoms with Crippen LogP contribution in [0.25, 0.3) is 0 Å². The number of hydrogen-bond acceptors (Lipinski definition) is 4. The molecule has 5 heteroatoms. The predicted molar refractivity (Wildman–Crippen MR) is 79.6 cm³/mol. The molecule has 2 aromatic rings. The summed E-state index contributed by atoms with van der Waals surface area (Å²) in [7, 11) is 0. The van der Waals surface area contributed by atoms with Crippen molar-refractivity contribution in [2.75, 3.05) is 24.5 Å². The number of benzene rings is 1. The fraction of sp³-hybridized carbons (Fsp3) is 0.467. The highest BCUT2D eigenvalue weighted by molar-refractivity contribution is 5.46. The fourth-order valence-corrected chi connectivity index (χ4v) is 2.74. The minimum Gasteiger partial charge on any atom is -0.369 e. The van der Waals surface area contributed by atoms with Gasteiger partial charge in [-0.05, 0) is 26.0 Å². The molecule has 1 unspecified atom stereocenters. The smallest absolute Gasteiger partial charge is 0.164 e. The largest absolute Gasteiger partial charge is 0.369 e. The van der Waals surface area contributed by atoms with Gasteiger partial charge in [0, 0.05) is 31.4 Å². The van der Waals surface area contributed by atoms with E-state index in [0.717, 1.165) is 37.8 Å². The average Bonchev–Trinajstić information content (AvgIpc) is 2.87. The lowest BCUT2D eigenvalue weighted by molar-refractivity contribution is 0.177. The monoisotopic (exact) mass is 271 g/mol. The molecule has 0 amide bonds. The molecule has 0 spiro atoms. The number of rotatable bonds is 3. The van der Waals surface area contributed by atoms with E-state index in [1.165, 1.54) is 5.69 Å². The van der Waals surface area contributed by atoms with Crippen molar-refractivity contribution in [1.82, 2.24) is 20.1 Å². The topological polar surface area (TPSA) is 48.1 Å². The van der Waals surface area contributed by atoms with Crippen LogP contribution in [0.5, 0.6) is 0 Å². The second-order valence-corrected chi connectivity index (χ2v) is 5.44. The van der Waals surface area contributed by atoms with Crippen molar-refractivity contribution in [3.05, 3.63) is 42.0 Å². The number of para-hydroxylation sites is 1. The zero-order chi connectivity index (χ0) is 13.9. The van der Waals surface area contributed by atoms with E-state index in [2.05, 4.69) is 62.2 Å². The van der Waals surface area contributed by atoms with Crippen molar-refractivity contribution < 1.29 is 0 Å². The van der Waals surface area contributed by atoms with E-state index in [9.17, 15) is 0 Å². The molecule has 0 bridgehead atoms. The lowest BCUT2D eigenvalue weighted by Gasteiger charge is -2.40. The molecule has 106 valence electrons. The van der Waals surface area contributed by atoms with Gasteiger partial charge in [-0.15, -0.1) is 0 Å². The number of nitrogens with one attached hydrogen (secondary N) is 1. The number of piperazine rings is 1. The number of hydrogen-bond donors (Lipinski definition) is 1. The van der Waals surface area contributed by atoms with Gasteiger partial charge in [-0.1, -0.05) is 18.2 Å². The molecule has 1 aromatic carbocycles. The van der Waals surface area contributed by atoms with Crippen LogP contribution in [0.1, 0.15) is 18.6 Å². The Bertz CT molecular complexity index is 550. The number of anilines is 1. The molecule has 3 rings (SSSR count). The van der Waals surface area contributed by atoms with Gasteiger partial charge in [0.25, 0.3) is 0 Å². The first-order valence-corrected chi connectivity index (χ1v) is 7.14. The maximum Gasteiger partial charge on any atom is 0.164 e. The van der Waals surface area contributed by atoms with Crippen molar-refractivity contribution in [2.45, 2.75) is 26.4 Å². The molecule has 20 heavy (non-hydrogen) atoms. The van der Waals surface area contributed by atoms with Gasteiger partial charge in [-0.2, -0.15) is 5.10 Å². The molecule has 1 aliphatic heterocycles. The molecule has 1 N–H and O–H groups in total. The standard InChI is InChI=1S/C15H21N5/c1-12-10-20(14-6-4-3-5-7-14)9-8-19(12)11-15-16-13(2)17-18-15/h3-7,12H,8-11H2,1-2H3,(H,16,17,18). The first kappa shape index (κ1) is 13.1. The Hall–Kier alpha value is -1.88. The number of aryl methyl sites for hydroxylation is 1. The fourth-order valence-electron chi connectivity index (χ4n) is 2.74. The third-order valence-corrected chi connectivity index (χ3v) is 3.87. The molecule has 5 nitrogen and oxygen atoms in total. The Morgan fingerprint density at radius 1 is 1.25 bits per heavy atom. The molecule has 1 atom stereocenters. The minimum absolute atomic E-state index is 0.503. The van der Waals surface area contributed by atoms with Gasteiger partial charge >= 0.3 is 0 Å². The SMILES string of the molecule is Cc1nc(CN2CCN(c3ccccc3)CC2C)n[nH]1. The second-order valence-electron chi connectivity index (χ2n) is 5.44. The Morgan fingerprint density at radius 3 is 2.70 bits per heavy atom. The third-order valence-electron chi connectivity index (χ3n) is 3.87. The minimum atomic E-state index is 0.503. The number of aromatic nitrogens is 3. The van der Waals surface area contributed by atoms with Crippen LogP contribution in [0.4, 0.5) is 5.69 Å². The maximum absolute atomic E-state index is 4.39. The lowest BCUT2D eigenvalue weighted by Crippen LogP contribution is -2.51. The van der Waals surface area contributed by atoms with Crippen molar-refractivity contribution >= 4 is 5.69 Å². The third kappa shape index (κ3) is 2.82. The Labute approximate surface area is 119 Å². The average molecular weight is 271 g/mol. The predicted octanol–water partition coefficient (Wildman–Crippen LogP) is 1.82.